The number of aryl methyl sites for hydroxylation is 1. The molecule has 0 radical (unpaired) electrons. The van der Waals surface area contributed by atoms with Crippen LogP contribution >= 0.6 is 11.6 Å². The fourth-order valence-electron chi connectivity index (χ4n) is 9.98. The van der Waals surface area contributed by atoms with E-state index < -0.39 is 50.0 Å². The van der Waals surface area contributed by atoms with Crippen LogP contribution < -0.4 is 14.4 Å². The number of sulfonamides is 1. The van der Waals surface area contributed by atoms with Crippen molar-refractivity contribution in [3.8, 4) is 5.75 Å². The van der Waals surface area contributed by atoms with Crippen LogP contribution in [0.25, 0.3) is 0 Å². The highest BCUT2D eigenvalue weighted by Crippen LogP contribution is 2.47. The van der Waals surface area contributed by atoms with E-state index in [-0.39, 0.29) is 30.5 Å². The molecule has 5 aliphatic heterocycles. The number of anilines is 1. The number of carbonyl (C=O) groups is 1. The Labute approximate surface area is 329 Å². The van der Waals surface area contributed by atoms with Crippen molar-refractivity contribution in [2.45, 2.75) is 74.4 Å². The van der Waals surface area contributed by atoms with Gasteiger partial charge in [0.2, 0.25) is 10.0 Å². The van der Waals surface area contributed by atoms with Gasteiger partial charge in [-0.05, 0) is 92.5 Å². The molecular weight excluding hydrogens is 747 g/mol. The number of benzene rings is 2. The zero-order chi connectivity index (χ0) is 38.5. The van der Waals surface area contributed by atoms with E-state index in [1.807, 2.05) is 6.07 Å². The lowest BCUT2D eigenvalue weighted by Gasteiger charge is -2.48. The number of piperazine rings is 1. The number of morpholine rings is 1. The molecule has 2 bridgehead atoms. The Bertz CT molecular complexity index is 1920. The fourth-order valence-corrected chi connectivity index (χ4v) is 11.5. The number of hydrogen-bond donors (Lipinski definition) is 1. The van der Waals surface area contributed by atoms with Gasteiger partial charge < -0.3 is 23.8 Å². The average molecular weight is 801 g/mol. The van der Waals surface area contributed by atoms with Gasteiger partial charge in [0.05, 0.1) is 36.9 Å². The number of halogens is 2. The van der Waals surface area contributed by atoms with E-state index in [4.69, 9.17) is 30.5 Å². The standard InChI is InChI=1S/C41H54ClFN4O7S/c1-27-6-11-37(43)41(51-3,25-45-14-15-46-16-18-52-23-33(46)22-45)38-31(12-17-53-38)21-47-24-40(13-4-5-29-19-32(42)8-9-34(29)40)26-54-36-10-7-30(20-35(36)47)39(48)44-55(49,50)28(27)2/h7-11,19-20,27-28,31,33,38H,4-6,12-18,21-26H2,1-3H3,(H,44,48)/b37-11-/t27-,28+,31-,33-,38+,40-,41+/m0/s1. The molecule has 5 heterocycles. The maximum Gasteiger partial charge on any atom is 0.264 e. The molecule has 8 rings (SSSR count). The van der Waals surface area contributed by atoms with E-state index in [0.29, 0.717) is 62.3 Å². The molecule has 55 heavy (non-hydrogen) atoms. The van der Waals surface area contributed by atoms with E-state index in [9.17, 15) is 13.2 Å². The number of hydrogen-bond acceptors (Lipinski definition) is 10. The number of nitrogens with one attached hydrogen (secondary N) is 1. The minimum atomic E-state index is -4.12. The quantitative estimate of drug-likeness (QED) is 0.458. The van der Waals surface area contributed by atoms with Gasteiger partial charge in [0.25, 0.3) is 5.91 Å². The Morgan fingerprint density at radius 2 is 1.95 bits per heavy atom. The summed E-state index contributed by atoms with van der Waals surface area (Å²) >= 11 is 6.49. The van der Waals surface area contributed by atoms with Gasteiger partial charge in [0.15, 0.2) is 5.60 Å². The lowest BCUT2D eigenvalue weighted by Crippen LogP contribution is -2.63. The van der Waals surface area contributed by atoms with Crippen molar-refractivity contribution in [3.05, 3.63) is 70.0 Å². The number of nitrogens with zero attached hydrogens (tertiary/aromatic N) is 3. The molecule has 2 aromatic carbocycles. The van der Waals surface area contributed by atoms with Crippen molar-refractivity contribution in [2.24, 2.45) is 11.8 Å². The number of allylic oxidation sites excluding steroid dienone is 1. The van der Waals surface area contributed by atoms with Crippen molar-refractivity contribution in [2.75, 3.05) is 84.3 Å². The lowest BCUT2D eigenvalue weighted by atomic mass is 9.70. The Balaban J connectivity index is 1.22. The molecule has 14 heteroatoms. The van der Waals surface area contributed by atoms with Crippen LogP contribution in [0.2, 0.25) is 5.02 Å². The summed E-state index contributed by atoms with van der Waals surface area (Å²) < 4.78 is 72.6. The van der Waals surface area contributed by atoms with Gasteiger partial charge in [-0.3, -0.25) is 14.6 Å². The second kappa shape index (κ2) is 15.5. The number of ether oxygens (including phenoxy) is 4. The van der Waals surface area contributed by atoms with Gasteiger partial charge in [0, 0.05) is 87.5 Å². The first-order chi connectivity index (χ1) is 26.4. The molecule has 0 saturated carbocycles. The zero-order valence-electron chi connectivity index (χ0n) is 32.1. The molecule has 7 atom stereocenters. The molecule has 1 amide bonds. The van der Waals surface area contributed by atoms with Crippen molar-refractivity contribution >= 4 is 33.2 Å². The van der Waals surface area contributed by atoms with Crippen molar-refractivity contribution in [3.63, 3.8) is 0 Å². The molecule has 3 fully saturated rings. The maximum atomic E-state index is 17.4. The predicted octanol–water partition coefficient (Wildman–Crippen LogP) is 4.96. The van der Waals surface area contributed by atoms with E-state index in [0.717, 1.165) is 45.5 Å². The van der Waals surface area contributed by atoms with Crippen LogP contribution in [0.3, 0.4) is 0 Å². The molecule has 3 saturated heterocycles. The molecular formula is C41H54ClFN4O7S. The molecule has 1 N–H and O–H groups in total. The van der Waals surface area contributed by atoms with Crippen molar-refractivity contribution in [1.82, 2.24) is 14.5 Å². The number of amides is 1. The minimum Gasteiger partial charge on any atom is -0.490 e. The number of rotatable bonds is 3. The minimum absolute atomic E-state index is 0.128. The first-order valence-electron chi connectivity index (χ1n) is 19.8. The van der Waals surface area contributed by atoms with Gasteiger partial charge in [-0.15, -0.1) is 0 Å². The number of carbonyl (C=O) groups excluding carboxylic acids is 1. The topological polar surface area (TPSA) is 110 Å². The van der Waals surface area contributed by atoms with Crippen LogP contribution in [0.4, 0.5) is 10.1 Å². The second-order valence-corrected chi connectivity index (χ2v) is 19.1. The highest BCUT2D eigenvalue weighted by Gasteiger charge is 2.53. The van der Waals surface area contributed by atoms with Crippen molar-refractivity contribution in [1.29, 1.82) is 0 Å². The smallest absolute Gasteiger partial charge is 0.264 e. The monoisotopic (exact) mass is 800 g/mol. The van der Waals surface area contributed by atoms with Gasteiger partial charge in [-0.2, -0.15) is 0 Å². The van der Waals surface area contributed by atoms with Crippen LogP contribution in [0.15, 0.2) is 48.3 Å². The van der Waals surface area contributed by atoms with Crippen LogP contribution in [0, 0.1) is 11.8 Å². The third kappa shape index (κ3) is 7.43. The highest BCUT2D eigenvalue weighted by molar-refractivity contribution is 7.90. The third-order valence-electron chi connectivity index (χ3n) is 13.4. The summed E-state index contributed by atoms with van der Waals surface area (Å²) in [6.45, 7) is 10.1. The Morgan fingerprint density at radius 3 is 2.78 bits per heavy atom. The predicted molar refractivity (Wildman–Crippen MR) is 209 cm³/mol. The summed E-state index contributed by atoms with van der Waals surface area (Å²) in [6.07, 6.45) is 4.42. The summed E-state index contributed by atoms with van der Waals surface area (Å²) in [7, 11) is -2.56. The Morgan fingerprint density at radius 1 is 1.09 bits per heavy atom. The molecule has 6 aliphatic rings. The molecule has 1 spiro atoms. The highest BCUT2D eigenvalue weighted by atomic mass is 35.5. The van der Waals surface area contributed by atoms with Crippen LogP contribution in [0.5, 0.6) is 5.75 Å². The van der Waals surface area contributed by atoms with Gasteiger partial charge in [0.1, 0.15) is 11.6 Å². The normalized spacial score (nSPS) is 35.4. The maximum absolute atomic E-state index is 17.4. The van der Waals surface area contributed by atoms with E-state index in [1.165, 1.54) is 17.2 Å². The largest absolute Gasteiger partial charge is 0.490 e. The third-order valence-corrected chi connectivity index (χ3v) is 15.5. The average Bonchev–Trinajstić information content (AvgIpc) is 3.59. The van der Waals surface area contributed by atoms with E-state index >= 15 is 4.39 Å². The van der Waals surface area contributed by atoms with E-state index in [2.05, 4.69) is 31.6 Å². The summed E-state index contributed by atoms with van der Waals surface area (Å²) in [5.41, 5.74) is 1.46. The first kappa shape index (κ1) is 39.1. The zero-order valence-corrected chi connectivity index (χ0v) is 33.7. The lowest BCUT2D eigenvalue weighted by molar-refractivity contribution is -0.132. The molecule has 1 aliphatic carbocycles. The molecule has 2 aromatic rings. The molecule has 300 valence electrons. The van der Waals surface area contributed by atoms with Crippen molar-refractivity contribution < 1.29 is 36.6 Å². The Kier molecular flexibility index (Phi) is 11.0. The van der Waals surface area contributed by atoms with Crippen LogP contribution in [-0.4, -0.2) is 126 Å². The number of fused-ring (bicyclic) bond motifs is 5. The summed E-state index contributed by atoms with van der Waals surface area (Å²) in [5, 5.41) is -0.289. The summed E-state index contributed by atoms with van der Waals surface area (Å²) in [4.78, 5) is 20.7. The van der Waals surface area contributed by atoms with Gasteiger partial charge in [-0.25, -0.2) is 17.5 Å². The molecule has 0 aromatic heterocycles. The summed E-state index contributed by atoms with van der Waals surface area (Å²) in [6, 6.07) is 11.5. The number of methoxy groups -OCH3 is 1. The molecule has 11 nitrogen and oxygen atoms in total. The first-order valence-corrected chi connectivity index (χ1v) is 21.8. The van der Waals surface area contributed by atoms with Gasteiger partial charge >= 0.3 is 0 Å². The van der Waals surface area contributed by atoms with E-state index in [1.54, 1.807) is 39.2 Å². The summed E-state index contributed by atoms with van der Waals surface area (Å²) in [5.74, 6) is -1.24. The second-order valence-electron chi connectivity index (χ2n) is 16.7. The van der Waals surface area contributed by atoms with Crippen LogP contribution in [0.1, 0.15) is 61.0 Å². The van der Waals surface area contributed by atoms with Gasteiger partial charge in [-0.1, -0.05) is 24.6 Å². The van der Waals surface area contributed by atoms with Crippen LogP contribution in [-0.2, 0) is 36.1 Å². The SMILES string of the molecule is CO[C@]1(CN2CCN3CCOC[C@@H]3C2)/C(F)=C/C[C@H](C)[C@@H](C)S(=O)(=O)NC(=O)c2ccc3c(c2)N(C[C@@H]2CCO[C@H]21)C[C@@]1(CCCc2cc(Cl)ccc21)CO3. The molecule has 0 unspecified atom stereocenters. The fraction of sp³-hybridized carbons (Fsp3) is 0.634. The Hall–Kier alpha value is -2.78.